The molecular weight excluding hydrogens is 236 g/mol. The number of hydrogen-bond acceptors (Lipinski definition) is 2. The minimum absolute atomic E-state index is 0.247. The van der Waals surface area contributed by atoms with Gasteiger partial charge in [-0.05, 0) is 36.2 Å². The summed E-state index contributed by atoms with van der Waals surface area (Å²) >= 11 is 0. The monoisotopic (exact) mass is 252 g/mol. The second kappa shape index (κ2) is 5.11. The van der Waals surface area contributed by atoms with Gasteiger partial charge in [-0.3, -0.25) is 4.79 Å². The smallest absolute Gasteiger partial charge is 0.240 e. The zero-order valence-electron chi connectivity index (χ0n) is 11.1. The largest absolute Gasteiger partial charge is 0.351 e. The Morgan fingerprint density at radius 1 is 1.21 bits per heavy atom. The van der Waals surface area contributed by atoms with Gasteiger partial charge in [-0.2, -0.15) is 5.26 Å². The molecular formula is C16H16N2O. The number of rotatable bonds is 3. The first-order valence-corrected chi connectivity index (χ1v) is 6.20. The van der Waals surface area contributed by atoms with Crippen LogP contribution in [0.2, 0.25) is 0 Å². The lowest BCUT2D eigenvalue weighted by atomic mass is 9.94. The van der Waals surface area contributed by atoms with Gasteiger partial charge in [-0.15, -0.1) is 0 Å². The lowest BCUT2D eigenvalue weighted by Crippen LogP contribution is -2.35. The topological polar surface area (TPSA) is 52.9 Å². The molecule has 0 atom stereocenters. The number of nitrogens with zero attached hydrogens (tertiary/aromatic N) is 1. The summed E-state index contributed by atoms with van der Waals surface area (Å²) in [5, 5.41) is 14.0. The first kappa shape index (κ1) is 13.1. The lowest BCUT2D eigenvalue weighted by molar-refractivity contribution is -0.126. The number of carbonyl (C=O) groups is 1. The predicted octanol–water partition coefficient (Wildman–Crippen LogP) is 3.01. The Morgan fingerprint density at radius 2 is 1.89 bits per heavy atom. The van der Waals surface area contributed by atoms with Crippen LogP contribution in [0.15, 0.2) is 42.5 Å². The van der Waals surface area contributed by atoms with Gasteiger partial charge in [0, 0.05) is 6.54 Å². The SMILES string of the molecule is CC(C)(C#N)C(=O)NCc1ccc2ccccc2c1. The second-order valence-electron chi connectivity index (χ2n) is 5.10. The van der Waals surface area contributed by atoms with Crippen LogP contribution < -0.4 is 5.32 Å². The van der Waals surface area contributed by atoms with Crippen LogP contribution in [0, 0.1) is 16.7 Å². The van der Waals surface area contributed by atoms with Crippen LogP contribution in [0.25, 0.3) is 10.8 Å². The number of hydrogen-bond donors (Lipinski definition) is 1. The molecule has 19 heavy (non-hydrogen) atoms. The number of carbonyl (C=O) groups excluding carboxylic acids is 1. The maximum atomic E-state index is 11.8. The molecule has 0 radical (unpaired) electrons. The van der Waals surface area contributed by atoms with Gasteiger partial charge in [-0.25, -0.2) is 0 Å². The van der Waals surface area contributed by atoms with Crippen LogP contribution in [-0.4, -0.2) is 5.91 Å². The molecule has 0 spiro atoms. The van der Waals surface area contributed by atoms with E-state index in [1.165, 1.54) is 5.39 Å². The second-order valence-corrected chi connectivity index (χ2v) is 5.10. The molecule has 2 aromatic carbocycles. The van der Waals surface area contributed by atoms with E-state index < -0.39 is 5.41 Å². The van der Waals surface area contributed by atoms with E-state index in [2.05, 4.69) is 17.4 Å². The van der Waals surface area contributed by atoms with Crippen LogP contribution in [0.5, 0.6) is 0 Å². The summed E-state index contributed by atoms with van der Waals surface area (Å²) in [6.45, 7) is 3.67. The maximum absolute atomic E-state index is 11.8. The minimum Gasteiger partial charge on any atom is -0.351 e. The Kier molecular flexibility index (Phi) is 3.52. The third kappa shape index (κ3) is 2.92. The number of amides is 1. The molecule has 0 bridgehead atoms. The van der Waals surface area contributed by atoms with Crippen LogP contribution in [0.3, 0.4) is 0 Å². The highest BCUT2D eigenvalue weighted by Crippen LogP contribution is 2.16. The zero-order chi connectivity index (χ0) is 13.9. The van der Waals surface area contributed by atoms with Crippen molar-refractivity contribution in [2.45, 2.75) is 20.4 Å². The molecule has 0 aliphatic rings. The average Bonchev–Trinajstić information content (AvgIpc) is 2.44. The summed E-state index contributed by atoms with van der Waals surface area (Å²) < 4.78 is 0. The van der Waals surface area contributed by atoms with Gasteiger partial charge in [-0.1, -0.05) is 36.4 Å². The van der Waals surface area contributed by atoms with E-state index in [-0.39, 0.29) is 5.91 Å². The van der Waals surface area contributed by atoms with Crippen molar-refractivity contribution in [2.24, 2.45) is 5.41 Å². The van der Waals surface area contributed by atoms with Crippen molar-refractivity contribution >= 4 is 16.7 Å². The molecule has 96 valence electrons. The van der Waals surface area contributed by atoms with Crippen molar-refractivity contribution in [1.82, 2.24) is 5.32 Å². The van der Waals surface area contributed by atoms with Crippen LogP contribution in [0.1, 0.15) is 19.4 Å². The molecule has 1 N–H and O–H groups in total. The Hall–Kier alpha value is -2.34. The predicted molar refractivity (Wildman–Crippen MR) is 75.2 cm³/mol. The van der Waals surface area contributed by atoms with E-state index >= 15 is 0 Å². The molecule has 0 aromatic heterocycles. The molecule has 2 rings (SSSR count). The highest BCUT2D eigenvalue weighted by molar-refractivity contribution is 5.85. The molecule has 1 amide bonds. The average molecular weight is 252 g/mol. The first-order chi connectivity index (χ1) is 9.03. The Labute approximate surface area is 112 Å². The van der Waals surface area contributed by atoms with E-state index in [4.69, 9.17) is 5.26 Å². The molecule has 0 aliphatic heterocycles. The van der Waals surface area contributed by atoms with Gasteiger partial charge in [0.15, 0.2) is 0 Å². The molecule has 0 aliphatic carbocycles. The van der Waals surface area contributed by atoms with Crippen molar-refractivity contribution in [1.29, 1.82) is 5.26 Å². The van der Waals surface area contributed by atoms with Crippen LogP contribution in [0.4, 0.5) is 0 Å². The van der Waals surface area contributed by atoms with Crippen molar-refractivity contribution < 1.29 is 4.79 Å². The fraction of sp³-hybridized carbons (Fsp3) is 0.250. The molecule has 3 nitrogen and oxygen atoms in total. The minimum atomic E-state index is -0.989. The van der Waals surface area contributed by atoms with E-state index in [9.17, 15) is 4.79 Å². The van der Waals surface area contributed by atoms with Crippen LogP contribution in [-0.2, 0) is 11.3 Å². The number of fused-ring (bicyclic) bond motifs is 1. The number of benzene rings is 2. The highest BCUT2D eigenvalue weighted by atomic mass is 16.2. The molecule has 0 saturated heterocycles. The van der Waals surface area contributed by atoms with Crippen molar-refractivity contribution in [3.63, 3.8) is 0 Å². The van der Waals surface area contributed by atoms with E-state index in [0.717, 1.165) is 10.9 Å². The summed E-state index contributed by atoms with van der Waals surface area (Å²) in [6.07, 6.45) is 0. The standard InChI is InChI=1S/C16H16N2O/c1-16(2,11-17)15(19)18-10-12-7-8-13-5-3-4-6-14(13)9-12/h3-9H,10H2,1-2H3,(H,18,19). The summed E-state index contributed by atoms with van der Waals surface area (Å²) in [4.78, 5) is 11.8. The molecule has 0 fully saturated rings. The summed E-state index contributed by atoms with van der Waals surface area (Å²) in [6, 6.07) is 16.1. The Balaban J connectivity index is 2.11. The summed E-state index contributed by atoms with van der Waals surface area (Å²) in [7, 11) is 0. The third-order valence-electron chi connectivity index (χ3n) is 3.11. The van der Waals surface area contributed by atoms with Gasteiger partial charge >= 0.3 is 0 Å². The fourth-order valence-corrected chi connectivity index (χ4v) is 1.80. The Bertz CT molecular complexity index is 653. The number of nitrogens with one attached hydrogen (secondary N) is 1. The zero-order valence-corrected chi connectivity index (χ0v) is 11.1. The normalized spacial score (nSPS) is 11.0. The molecule has 3 heteroatoms. The van der Waals surface area contributed by atoms with Gasteiger partial charge in [0.2, 0.25) is 5.91 Å². The molecule has 2 aromatic rings. The highest BCUT2D eigenvalue weighted by Gasteiger charge is 2.26. The first-order valence-electron chi connectivity index (χ1n) is 6.20. The van der Waals surface area contributed by atoms with Crippen molar-refractivity contribution in [3.05, 3.63) is 48.0 Å². The summed E-state index contributed by atoms with van der Waals surface area (Å²) in [5.74, 6) is -0.247. The summed E-state index contributed by atoms with van der Waals surface area (Å²) in [5.41, 5.74) is 0.0393. The van der Waals surface area contributed by atoms with E-state index in [1.807, 2.05) is 36.4 Å². The molecule has 0 heterocycles. The maximum Gasteiger partial charge on any atom is 0.240 e. The van der Waals surface area contributed by atoms with Crippen molar-refractivity contribution in [3.8, 4) is 6.07 Å². The quantitative estimate of drug-likeness (QED) is 0.913. The lowest BCUT2D eigenvalue weighted by Gasteiger charge is -2.15. The molecule has 0 saturated carbocycles. The van der Waals surface area contributed by atoms with Crippen LogP contribution >= 0.6 is 0 Å². The van der Waals surface area contributed by atoms with Gasteiger partial charge in [0.25, 0.3) is 0 Å². The number of nitriles is 1. The fourth-order valence-electron chi connectivity index (χ4n) is 1.80. The van der Waals surface area contributed by atoms with Gasteiger partial charge in [0.1, 0.15) is 5.41 Å². The van der Waals surface area contributed by atoms with Gasteiger partial charge in [0.05, 0.1) is 6.07 Å². The molecule has 0 unspecified atom stereocenters. The van der Waals surface area contributed by atoms with E-state index in [0.29, 0.717) is 6.54 Å². The third-order valence-corrected chi connectivity index (χ3v) is 3.11. The van der Waals surface area contributed by atoms with Gasteiger partial charge < -0.3 is 5.32 Å². The van der Waals surface area contributed by atoms with E-state index in [1.54, 1.807) is 13.8 Å². The van der Waals surface area contributed by atoms with Crippen molar-refractivity contribution in [2.75, 3.05) is 0 Å². The Morgan fingerprint density at radius 3 is 2.58 bits per heavy atom.